The van der Waals surface area contributed by atoms with Crippen LogP contribution in [0.3, 0.4) is 0 Å². The smallest absolute Gasteiger partial charge is 0.417 e. The molecule has 0 aliphatic heterocycles. The van der Waals surface area contributed by atoms with E-state index in [1.807, 2.05) is 30.3 Å². The molecule has 2 nitrogen and oxygen atoms in total. The second kappa shape index (κ2) is 9.10. The maximum Gasteiger partial charge on any atom is 0.417 e. The minimum atomic E-state index is -4.58. The Morgan fingerprint density at radius 2 is 1.81 bits per heavy atom. The predicted molar refractivity (Wildman–Crippen MR) is 93.7 cm³/mol. The number of hydrogen-bond donors (Lipinski definition) is 0. The monoisotopic (exact) mass is 360 g/mol. The highest BCUT2D eigenvalue weighted by Gasteiger charge is 2.34. The van der Waals surface area contributed by atoms with Crippen molar-refractivity contribution in [2.24, 2.45) is 0 Å². The summed E-state index contributed by atoms with van der Waals surface area (Å²) in [6.07, 6.45) is -1.41. The first-order valence-corrected chi connectivity index (χ1v) is 8.24. The van der Waals surface area contributed by atoms with E-state index in [1.165, 1.54) is 17.7 Å². The van der Waals surface area contributed by atoms with Crippen molar-refractivity contribution in [1.29, 1.82) is 0 Å². The van der Waals surface area contributed by atoms with Gasteiger partial charge in [0.15, 0.2) is 0 Å². The minimum absolute atomic E-state index is 0.131. The Hall–Kier alpha value is -2.74. The van der Waals surface area contributed by atoms with Gasteiger partial charge in [-0.25, -0.2) is 4.79 Å². The average molecular weight is 360 g/mol. The highest BCUT2D eigenvalue weighted by molar-refractivity contribution is 5.89. The van der Waals surface area contributed by atoms with Crippen LogP contribution in [-0.4, -0.2) is 13.1 Å². The molecular formula is C21H19F3O2. The molecule has 2 aromatic rings. The zero-order valence-electron chi connectivity index (χ0n) is 14.4. The molecule has 2 aromatic carbocycles. The summed E-state index contributed by atoms with van der Waals surface area (Å²) in [5.74, 6) is 4.57. The molecule has 0 N–H and O–H groups in total. The lowest BCUT2D eigenvalue weighted by atomic mass is 10.0. The van der Waals surface area contributed by atoms with Crippen molar-refractivity contribution in [3.05, 3.63) is 70.8 Å². The molecule has 0 saturated carbocycles. The van der Waals surface area contributed by atoms with Crippen LogP contribution in [0.4, 0.5) is 13.2 Å². The van der Waals surface area contributed by atoms with Crippen LogP contribution >= 0.6 is 0 Å². The van der Waals surface area contributed by atoms with E-state index in [4.69, 9.17) is 0 Å². The van der Waals surface area contributed by atoms with E-state index in [-0.39, 0.29) is 11.1 Å². The normalized spacial score (nSPS) is 10.8. The fourth-order valence-electron chi connectivity index (χ4n) is 2.48. The Labute approximate surface area is 151 Å². The molecule has 0 bridgehead atoms. The largest absolute Gasteiger partial charge is 0.465 e. The number of esters is 1. The van der Waals surface area contributed by atoms with E-state index in [9.17, 15) is 18.0 Å². The van der Waals surface area contributed by atoms with E-state index in [0.29, 0.717) is 6.42 Å². The fourth-order valence-corrected chi connectivity index (χ4v) is 2.48. The standard InChI is InChI=1S/C21H19F3O2/c1-26-20(25)18-14-13-17(19(15-18)21(22,23)24)12-8-3-2-5-9-16-10-6-4-7-11-16/h4,6-7,10-11,13-15H,2-3,5,9H2,1H3. The van der Waals surface area contributed by atoms with E-state index >= 15 is 0 Å². The molecule has 26 heavy (non-hydrogen) atoms. The number of rotatable bonds is 5. The Morgan fingerprint density at radius 1 is 1.08 bits per heavy atom. The number of methoxy groups -OCH3 is 1. The predicted octanol–water partition coefficient (Wildman–Crippen LogP) is 5.26. The average Bonchev–Trinajstić information content (AvgIpc) is 2.64. The third kappa shape index (κ3) is 5.66. The quantitative estimate of drug-likeness (QED) is 0.413. The lowest BCUT2D eigenvalue weighted by molar-refractivity contribution is -0.137. The third-order valence-electron chi connectivity index (χ3n) is 3.83. The van der Waals surface area contributed by atoms with Crippen molar-refractivity contribution in [2.45, 2.75) is 31.9 Å². The van der Waals surface area contributed by atoms with Gasteiger partial charge in [0.05, 0.1) is 18.2 Å². The summed E-state index contributed by atoms with van der Waals surface area (Å²) in [5.41, 5.74) is 0.0387. The van der Waals surface area contributed by atoms with Gasteiger partial charge in [-0.3, -0.25) is 0 Å². The molecule has 0 unspecified atom stereocenters. The molecule has 0 spiro atoms. The first kappa shape index (κ1) is 19.6. The zero-order chi connectivity index (χ0) is 19.0. The van der Waals surface area contributed by atoms with Crippen LogP contribution in [0.5, 0.6) is 0 Å². The summed E-state index contributed by atoms with van der Waals surface area (Å²) in [4.78, 5) is 11.4. The van der Waals surface area contributed by atoms with Gasteiger partial charge in [-0.1, -0.05) is 42.2 Å². The van der Waals surface area contributed by atoms with E-state index in [1.54, 1.807) is 0 Å². The van der Waals surface area contributed by atoms with Crippen LogP contribution in [0.2, 0.25) is 0 Å². The number of ether oxygens (including phenoxy) is 1. The number of alkyl halides is 3. The van der Waals surface area contributed by atoms with Crippen LogP contribution in [-0.2, 0) is 17.3 Å². The molecule has 0 heterocycles. The van der Waals surface area contributed by atoms with Gasteiger partial charge in [-0.2, -0.15) is 13.2 Å². The zero-order valence-corrected chi connectivity index (χ0v) is 14.4. The van der Waals surface area contributed by atoms with Gasteiger partial charge < -0.3 is 4.74 Å². The fraction of sp³-hybridized carbons (Fsp3) is 0.286. The Kier molecular flexibility index (Phi) is 6.85. The second-order valence-corrected chi connectivity index (χ2v) is 5.74. The lowest BCUT2D eigenvalue weighted by Gasteiger charge is -2.10. The van der Waals surface area contributed by atoms with Crippen LogP contribution in [0.1, 0.15) is 46.3 Å². The Morgan fingerprint density at radius 3 is 2.46 bits per heavy atom. The number of aryl methyl sites for hydroxylation is 1. The Bertz CT molecular complexity index is 799. The molecule has 0 aliphatic carbocycles. The summed E-state index contributed by atoms with van der Waals surface area (Å²) in [6.45, 7) is 0. The first-order chi connectivity index (χ1) is 12.4. The molecule has 0 fully saturated rings. The number of hydrogen-bond acceptors (Lipinski definition) is 2. The van der Waals surface area contributed by atoms with Crippen molar-refractivity contribution >= 4 is 5.97 Å². The highest BCUT2D eigenvalue weighted by Crippen LogP contribution is 2.32. The molecule has 2 rings (SSSR count). The summed E-state index contributed by atoms with van der Waals surface area (Å²) < 4.78 is 44.0. The number of carbonyl (C=O) groups is 1. The second-order valence-electron chi connectivity index (χ2n) is 5.74. The maximum atomic E-state index is 13.2. The number of benzene rings is 2. The van der Waals surface area contributed by atoms with Crippen LogP contribution in [0, 0.1) is 11.8 Å². The van der Waals surface area contributed by atoms with Gasteiger partial charge in [0.25, 0.3) is 0 Å². The first-order valence-electron chi connectivity index (χ1n) is 8.24. The molecule has 0 saturated heterocycles. The van der Waals surface area contributed by atoms with Crippen LogP contribution in [0.15, 0.2) is 48.5 Å². The van der Waals surface area contributed by atoms with Crippen LogP contribution in [0.25, 0.3) is 0 Å². The molecular weight excluding hydrogens is 341 g/mol. The van der Waals surface area contributed by atoms with Gasteiger partial charge in [0, 0.05) is 12.0 Å². The molecule has 0 aliphatic rings. The highest BCUT2D eigenvalue weighted by atomic mass is 19.4. The minimum Gasteiger partial charge on any atom is -0.465 e. The molecule has 0 aromatic heterocycles. The van der Waals surface area contributed by atoms with Gasteiger partial charge in [0.1, 0.15) is 0 Å². The third-order valence-corrected chi connectivity index (χ3v) is 3.83. The van der Waals surface area contributed by atoms with Crippen molar-refractivity contribution in [3.63, 3.8) is 0 Å². The molecule has 0 amide bonds. The van der Waals surface area contributed by atoms with Crippen LogP contribution < -0.4 is 0 Å². The van der Waals surface area contributed by atoms with Crippen molar-refractivity contribution in [1.82, 2.24) is 0 Å². The van der Waals surface area contributed by atoms with E-state index in [2.05, 4.69) is 16.6 Å². The number of carbonyl (C=O) groups excluding carboxylic acids is 1. The molecule has 136 valence electrons. The van der Waals surface area contributed by atoms with Crippen molar-refractivity contribution in [3.8, 4) is 11.8 Å². The van der Waals surface area contributed by atoms with Crippen molar-refractivity contribution in [2.75, 3.05) is 7.11 Å². The summed E-state index contributed by atoms with van der Waals surface area (Å²) in [5, 5.41) is 0. The van der Waals surface area contributed by atoms with E-state index < -0.39 is 17.7 Å². The summed E-state index contributed by atoms with van der Waals surface area (Å²) >= 11 is 0. The maximum absolute atomic E-state index is 13.2. The summed E-state index contributed by atoms with van der Waals surface area (Å²) in [6, 6.07) is 13.3. The number of halogens is 3. The lowest BCUT2D eigenvalue weighted by Crippen LogP contribution is -2.11. The SMILES string of the molecule is COC(=O)c1ccc(C#CCCCCc2ccccc2)c(C(F)(F)F)c1. The van der Waals surface area contributed by atoms with Gasteiger partial charge in [0.2, 0.25) is 0 Å². The van der Waals surface area contributed by atoms with Gasteiger partial charge >= 0.3 is 12.1 Å². The van der Waals surface area contributed by atoms with Crippen molar-refractivity contribution < 1.29 is 22.7 Å². The molecule has 5 heteroatoms. The Balaban J connectivity index is 2.00. The topological polar surface area (TPSA) is 26.3 Å². The number of unbranched alkanes of at least 4 members (excludes halogenated alkanes) is 2. The summed E-state index contributed by atoms with van der Waals surface area (Å²) in [7, 11) is 1.12. The van der Waals surface area contributed by atoms with E-state index in [0.717, 1.165) is 32.4 Å². The molecule has 0 atom stereocenters. The molecule has 0 radical (unpaired) electrons. The van der Waals surface area contributed by atoms with Gasteiger partial charge in [-0.15, -0.1) is 0 Å². The van der Waals surface area contributed by atoms with Gasteiger partial charge in [-0.05, 0) is 43.0 Å².